The van der Waals surface area contributed by atoms with Gasteiger partial charge in [0.15, 0.2) is 0 Å². The molecule has 3 aromatic heterocycles. The van der Waals surface area contributed by atoms with Gasteiger partial charge in [0.2, 0.25) is 0 Å². The van der Waals surface area contributed by atoms with Gasteiger partial charge in [-0.3, -0.25) is 10.1 Å². The molecule has 3 heterocycles. The van der Waals surface area contributed by atoms with Crippen molar-refractivity contribution in [2.45, 2.75) is 32.6 Å². The molecule has 0 fully saturated rings. The number of fused-ring (bicyclic) bond motifs is 2. The van der Waals surface area contributed by atoms with Gasteiger partial charge < -0.3 is 10.3 Å². The number of anilines is 1. The maximum atomic E-state index is 4.68. The third-order valence-corrected chi connectivity index (χ3v) is 6.79. The predicted octanol–water partition coefficient (Wildman–Crippen LogP) is 8.23. The monoisotopic (exact) mass is 471 g/mol. The Kier molecular flexibility index (Phi) is 5.74. The van der Waals surface area contributed by atoms with E-state index in [-0.39, 0.29) is 0 Å². The fraction of sp³-hybridized carbons (Fsp3) is 0.161. The van der Waals surface area contributed by atoms with Crippen molar-refractivity contribution in [1.82, 2.24) is 20.2 Å². The lowest BCUT2D eigenvalue weighted by atomic mass is 10.0. The zero-order valence-electron chi connectivity index (χ0n) is 20.4. The fourth-order valence-corrected chi connectivity index (χ4v) is 4.91. The SMILES string of the molecule is C=C(CCCC)Nc1cncc(-c2ccc3[nH]nc(-c4cc5c(C6=CCC=C6)cccc5[nH]4)c3c2)c1. The molecule has 36 heavy (non-hydrogen) atoms. The van der Waals surface area contributed by atoms with E-state index in [9.17, 15) is 0 Å². The number of rotatable bonds is 8. The van der Waals surface area contributed by atoms with Crippen molar-refractivity contribution in [1.29, 1.82) is 0 Å². The second-order valence-corrected chi connectivity index (χ2v) is 9.37. The quantitative estimate of drug-likeness (QED) is 0.213. The second kappa shape index (κ2) is 9.34. The maximum Gasteiger partial charge on any atom is 0.116 e. The number of pyridine rings is 1. The van der Waals surface area contributed by atoms with Crippen molar-refractivity contribution in [2.24, 2.45) is 0 Å². The Bertz CT molecular complexity index is 1650. The molecule has 0 radical (unpaired) electrons. The van der Waals surface area contributed by atoms with E-state index >= 15 is 0 Å². The van der Waals surface area contributed by atoms with E-state index in [1.807, 2.05) is 12.4 Å². The van der Waals surface area contributed by atoms with Crippen LogP contribution in [0.5, 0.6) is 0 Å². The number of benzene rings is 2. The number of H-pyrrole nitrogens is 2. The summed E-state index contributed by atoms with van der Waals surface area (Å²) in [4.78, 5) is 8.07. The predicted molar refractivity (Wildman–Crippen MR) is 151 cm³/mol. The first-order chi connectivity index (χ1) is 17.7. The molecule has 5 aromatic rings. The van der Waals surface area contributed by atoms with Crippen molar-refractivity contribution >= 4 is 33.1 Å². The molecule has 0 atom stereocenters. The summed E-state index contributed by atoms with van der Waals surface area (Å²) in [7, 11) is 0. The molecule has 0 saturated heterocycles. The van der Waals surface area contributed by atoms with Crippen LogP contribution in [0.4, 0.5) is 5.69 Å². The average Bonchev–Trinajstić information content (AvgIpc) is 3.66. The number of allylic oxidation sites excluding steroid dienone is 5. The van der Waals surface area contributed by atoms with Crippen molar-refractivity contribution in [3.8, 4) is 22.5 Å². The molecule has 1 aliphatic rings. The molecule has 2 aromatic carbocycles. The Morgan fingerprint density at radius 3 is 2.83 bits per heavy atom. The van der Waals surface area contributed by atoms with Gasteiger partial charge in [0.1, 0.15) is 5.69 Å². The number of nitrogens with one attached hydrogen (secondary N) is 3. The standard InChI is InChI=1S/C31H29N5/c1-3-4-8-20(2)33-24-15-23(18-32-19-24)22-13-14-29-27(16-22)31(36-35-29)30-17-26-25(21-9-5-6-10-21)11-7-12-28(26)34-30/h5,7,9-19,33-34H,2-4,6,8H2,1H3,(H,35,36). The van der Waals surface area contributed by atoms with Crippen LogP contribution in [-0.4, -0.2) is 20.2 Å². The third-order valence-electron chi connectivity index (χ3n) is 6.79. The zero-order chi connectivity index (χ0) is 24.5. The summed E-state index contributed by atoms with van der Waals surface area (Å²) in [6.07, 6.45) is 14.7. The number of hydrogen-bond acceptors (Lipinski definition) is 3. The molecule has 178 valence electrons. The summed E-state index contributed by atoms with van der Waals surface area (Å²) in [6, 6.07) is 17.2. The molecule has 5 nitrogen and oxygen atoms in total. The molecule has 0 amide bonds. The summed E-state index contributed by atoms with van der Waals surface area (Å²) in [5.74, 6) is 0. The Morgan fingerprint density at radius 1 is 1.03 bits per heavy atom. The molecular weight excluding hydrogens is 442 g/mol. The molecule has 0 spiro atoms. The van der Waals surface area contributed by atoms with Crippen molar-refractivity contribution in [3.05, 3.63) is 97.0 Å². The highest BCUT2D eigenvalue weighted by Gasteiger charge is 2.15. The van der Waals surface area contributed by atoms with Gasteiger partial charge >= 0.3 is 0 Å². The number of nitrogens with zero attached hydrogens (tertiary/aromatic N) is 2. The highest BCUT2D eigenvalue weighted by molar-refractivity contribution is 6.01. The maximum absolute atomic E-state index is 4.68. The van der Waals surface area contributed by atoms with Gasteiger partial charge in [-0.15, -0.1) is 0 Å². The summed E-state index contributed by atoms with van der Waals surface area (Å²) in [5, 5.41) is 13.6. The zero-order valence-corrected chi connectivity index (χ0v) is 20.4. The van der Waals surface area contributed by atoms with E-state index in [0.29, 0.717) is 0 Å². The lowest BCUT2D eigenvalue weighted by molar-refractivity contribution is 0.791. The lowest BCUT2D eigenvalue weighted by Gasteiger charge is -2.10. The van der Waals surface area contributed by atoms with Gasteiger partial charge in [0.25, 0.3) is 0 Å². The van der Waals surface area contributed by atoms with Gasteiger partial charge in [0.05, 0.1) is 23.1 Å². The van der Waals surface area contributed by atoms with Crippen LogP contribution >= 0.6 is 0 Å². The minimum Gasteiger partial charge on any atom is -0.358 e. The first kappa shape index (κ1) is 22.1. The second-order valence-electron chi connectivity index (χ2n) is 9.37. The van der Waals surface area contributed by atoms with Crippen LogP contribution in [0.15, 0.2) is 91.4 Å². The number of unbranched alkanes of at least 4 members (excludes halogenated alkanes) is 1. The van der Waals surface area contributed by atoms with Gasteiger partial charge in [-0.1, -0.05) is 56.4 Å². The molecule has 0 aliphatic heterocycles. The van der Waals surface area contributed by atoms with Gasteiger partial charge in [-0.25, -0.2) is 0 Å². The highest BCUT2D eigenvalue weighted by Crippen LogP contribution is 2.35. The molecule has 6 rings (SSSR count). The van der Waals surface area contributed by atoms with E-state index < -0.39 is 0 Å². The van der Waals surface area contributed by atoms with E-state index in [1.165, 1.54) is 16.5 Å². The van der Waals surface area contributed by atoms with E-state index in [0.717, 1.165) is 76.0 Å². The Morgan fingerprint density at radius 2 is 1.97 bits per heavy atom. The van der Waals surface area contributed by atoms with E-state index in [4.69, 9.17) is 0 Å². The van der Waals surface area contributed by atoms with Crippen molar-refractivity contribution in [2.75, 3.05) is 5.32 Å². The van der Waals surface area contributed by atoms with Gasteiger partial charge in [0, 0.05) is 33.7 Å². The smallest absolute Gasteiger partial charge is 0.116 e. The van der Waals surface area contributed by atoms with Crippen LogP contribution in [0.25, 0.3) is 49.9 Å². The third kappa shape index (κ3) is 4.13. The highest BCUT2D eigenvalue weighted by atomic mass is 15.1. The van der Waals surface area contributed by atoms with Crippen LogP contribution in [0.2, 0.25) is 0 Å². The van der Waals surface area contributed by atoms with Crippen molar-refractivity contribution < 1.29 is 0 Å². The minimum absolute atomic E-state index is 0.917. The van der Waals surface area contributed by atoms with Crippen LogP contribution in [0.3, 0.4) is 0 Å². The summed E-state index contributed by atoms with van der Waals surface area (Å²) in [6.45, 7) is 6.35. The molecule has 0 unspecified atom stereocenters. The fourth-order valence-electron chi connectivity index (χ4n) is 4.91. The Balaban J connectivity index is 1.36. The van der Waals surface area contributed by atoms with E-state index in [2.05, 4.69) is 106 Å². The van der Waals surface area contributed by atoms with E-state index in [1.54, 1.807) is 0 Å². The summed E-state index contributed by atoms with van der Waals surface area (Å²) < 4.78 is 0. The minimum atomic E-state index is 0.917. The Hall–Kier alpha value is -4.38. The number of aromatic nitrogens is 4. The van der Waals surface area contributed by atoms with Gasteiger partial charge in [-0.2, -0.15) is 5.10 Å². The largest absolute Gasteiger partial charge is 0.358 e. The first-order valence-corrected chi connectivity index (χ1v) is 12.6. The number of aromatic amines is 2. The summed E-state index contributed by atoms with van der Waals surface area (Å²) >= 11 is 0. The Labute approximate surface area is 210 Å². The molecule has 5 heteroatoms. The van der Waals surface area contributed by atoms with Crippen LogP contribution in [0.1, 0.15) is 38.2 Å². The molecular formula is C31H29N5. The molecule has 3 N–H and O–H groups in total. The molecule has 0 bridgehead atoms. The van der Waals surface area contributed by atoms with Gasteiger partial charge in [-0.05, 0) is 66.3 Å². The summed E-state index contributed by atoms with van der Waals surface area (Å²) in [5.41, 5.74) is 10.7. The van der Waals surface area contributed by atoms with Crippen LogP contribution < -0.4 is 5.32 Å². The normalized spacial score (nSPS) is 13.0. The average molecular weight is 472 g/mol. The molecule has 0 saturated carbocycles. The molecule has 1 aliphatic carbocycles. The topological polar surface area (TPSA) is 69.4 Å². The van der Waals surface area contributed by atoms with Crippen LogP contribution in [0, 0.1) is 0 Å². The van der Waals surface area contributed by atoms with Crippen molar-refractivity contribution in [3.63, 3.8) is 0 Å². The first-order valence-electron chi connectivity index (χ1n) is 12.6. The van der Waals surface area contributed by atoms with Crippen LogP contribution in [-0.2, 0) is 0 Å². The number of hydrogen-bond donors (Lipinski definition) is 3. The lowest BCUT2D eigenvalue weighted by Crippen LogP contribution is -1.98.